The molecule has 3 aromatic carbocycles. The summed E-state index contributed by atoms with van der Waals surface area (Å²) in [6, 6.07) is 20.1. The predicted molar refractivity (Wildman–Crippen MR) is 137 cm³/mol. The van der Waals surface area contributed by atoms with Crippen LogP contribution in [0.5, 0.6) is 0 Å². The molecule has 0 spiro atoms. The van der Waals surface area contributed by atoms with E-state index in [2.05, 4.69) is 24.9 Å². The second kappa shape index (κ2) is 9.40. The largest absolute Gasteiger partial charge is 0.378 e. The maximum atomic E-state index is 12.7. The van der Waals surface area contributed by atoms with Crippen molar-refractivity contribution in [3.63, 3.8) is 0 Å². The number of anilines is 3. The molecule has 35 heavy (non-hydrogen) atoms. The van der Waals surface area contributed by atoms with Gasteiger partial charge >= 0.3 is 0 Å². The molecular weight excluding hydrogens is 466 g/mol. The van der Waals surface area contributed by atoms with E-state index in [4.69, 9.17) is 4.74 Å². The summed E-state index contributed by atoms with van der Waals surface area (Å²) >= 11 is 0. The lowest BCUT2D eigenvalue weighted by molar-refractivity contribution is 0.102. The third kappa shape index (κ3) is 5.44. The van der Waals surface area contributed by atoms with Crippen molar-refractivity contribution in [2.45, 2.75) is 0 Å². The van der Waals surface area contributed by atoms with E-state index in [0.717, 1.165) is 55.0 Å². The molecule has 180 valence electrons. The zero-order valence-electron chi connectivity index (χ0n) is 19.1. The molecule has 0 radical (unpaired) electrons. The van der Waals surface area contributed by atoms with Crippen molar-refractivity contribution in [3.05, 3.63) is 72.3 Å². The number of aromatic amines is 1. The van der Waals surface area contributed by atoms with Crippen molar-refractivity contribution < 1.29 is 17.9 Å². The normalized spacial score (nSPS) is 14.1. The van der Waals surface area contributed by atoms with E-state index in [9.17, 15) is 13.2 Å². The first-order valence-corrected chi connectivity index (χ1v) is 13.1. The van der Waals surface area contributed by atoms with Crippen LogP contribution >= 0.6 is 0 Å². The first kappa shape index (κ1) is 22.9. The smallest absolute Gasteiger partial charge is 0.255 e. The first-order chi connectivity index (χ1) is 16.8. The first-order valence-electron chi connectivity index (χ1n) is 11.2. The molecule has 3 N–H and O–H groups in total. The number of carbonyl (C=O) groups is 1. The minimum Gasteiger partial charge on any atom is -0.378 e. The number of hydrogen-bond acceptors (Lipinski definition) is 6. The van der Waals surface area contributed by atoms with E-state index in [-0.39, 0.29) is 5.91 Å². The lowest BCUT2D eigenvalue weighted by Crippen LogP contribution is -2.36. The molecule has 1 aliphatic rings. The second-order valence-electron chi connectivity index (χ2n) is 8.37. The number of ether oxygens (including phenoxy) is 1. The summed E-state index contributed by atoms with van der Waals surface area (Å²) in [5.74, 6) is 0.430. The highest BCUT2D eigenvalue weighted by molar-refractivity contribution is 7.92. The van der Waals surface area contributed by atoms with Crippen molar-refractivity contribution in [1.82, 2.24) is 9.97 Å². The van der Waals surface area contributed by atoms with Gasteiger partial charge in [-0.15, -0.1) is 0 Å². The van der Waals surface area contributed by atoms with Crippen LogP contribution in [0.15, 0.2) is 66.7 Å². The molecule has 0 bridgehead atoms. The van der Waals surface area contributed by atoms with Crippen molar-refractivity contribution in [3.8, 4) is 11.4 Å². The highest BCUT2D eigenvalue weighted by Crippen LogP contribution is 2.24. The number of rotatable bonds is 6. The third-order valence-electron chi connectivity index (χ3n) is 5.71. The molecule has 0 aliphatic carbocycles. The molecule has 10 heteroatoms. The Hall–Kier alpha value is -3.89. The quantitative estimate of drug-likeness (QED) is 0.379. The van der Waals surface area contributed by atoms with E-state index >= 15 is 0 Å². The lowest BCUT2D eigenvalue weighted by atomic mass is 10.1. The van der Waals surface area contributed by atoms with Crippen molar-refractivity contribution in [1.29, 1.82) is 0 Å². The van der Waals surface area contributed by atoms with Gasteiger partial charge in [0.25, 0.3) is 5.91 Å². The molecule has 1 fully saturated rings. The van der Waals surface area contributed by atoms with Crippen LogP contribution in [0.2, 0.25) is 0 Å². The molecular formula is C25H25N5O4S. The molecule has 5 rings (SSSR count). The number of hydrogen-bond donors (Lipinski definition) is 3. The van der Waals surface area contributed by atoms with Gasteiger partial charge in [0.2, 0.25) is 10.0 Å². The van der Waals surface area contributed by atoms with Gasteiger partial charge in [-0.25, -0.2) is 13.4 Å². The van der Waals surface area contributed by atoms with Crippen LogP contribution in [0.4, 0.5) is 17.1 Å². The van der Waals surface area contributed by atoms with Crippen LogP contribution in [-0.4, -0.2) is 56.9 Å². The molecule has 2 heterocycles. The molecule has 9 nitrogen and oxygen atoms in total. The zero-order chi connectivity index (χ0) is 24.4. The van der Waals surface area contributed by atoms with E-state index in [1.165, 1.54) is 0 Å². The standard InChI is InChI=1S/C25H25N5O4S/c1-35(32,33)29-20-8-11-22-23(16-20)28-24(27-22)17-2-4-18(5-3-17)25(31)26-19-6-9-21(10-7-19)30-12-14-34-15-13-30/h2-11,16,29H,12-15H2,1H3,(H,26,31)(H,27,28). The van der Waals surface area contributed by atoms with E-state index in [0.29, 0.717) is 22.6 Å². The Kier molecular flexibility index (Phi) is 6.14. The van der Waals surface area contributed by atoms with Crippen LogP contribution in [0.3, 0.4) is 0 Å². The maximum Gasteiger partial charge on any atom is 0.255 e. The van der Waals surface area contributed by atoms with Gasteiger partial charge < -0.3 is 19.9 Å². The topological polar surface area (TPSA) is 116 Å². The molecule has 4 aromatic rings. The maximum absolute atomic E-state index is 12.7. The molecule has 0 atom stereocenters. The summed E-state index contributed by atoms with van der Waals surface area (Å²) in [5.41, 5.74) is 5.04. The minimum absolute atomic E-state index is 0.197. The second-order valence-corrected chi connectivity index (χ2v) is 10.1. The number of sulfonamides is 1. The fourth-order valence-electron chi connectivity index (χ4n) is 3.98. The van der Waals surface area contributed by atoms with Crippen LogP contribution < -0.4 is 14.9 Å². The van der Waals surface area contributed by atoms with Gasteiger partial charge in [-0.3, -0.25) is 9.52 Å². The van der Waals surface area contributed by atoms with E-state index in [1.807, 2.05) is 36.4 Å². The number of amides is 1. The molecule has 0 unspecified atom stereocenters. The van der Waals surface area contributed by atoms with Gasteiger partial charge in [0.15, 0.2) is 0 Å². The predicted octanol–water partition coefficient (Wildman–Crippen LogP) is 3.69. The van der Waals surface area contributed by atoms with Gasteiger partial charge in [0, 0.05) is 35.6 Å². The zero-order valence-corrected chi connectivity index (χ0v) is 19.9. The molecule has 1 aliphatic heterocycles. The summed E-state index contributed by atoms with van der Waals surface area (Å²) in [7, 11) is -3.37. The van der Waals surface area contributed by atoms with Gasteiger partial charge in [-0.1, -0.05) is 12.1 Å². The Morgan fingerprint density at radius 1 is 0.971 bits per heavy atom. The fraction of sp³-hybridized carbons (Fsp3) is 0.200. The van der Waals surface area contributed by atoms with Gasteiger partial charge in [0.1, 0.15) is 5.82 Å². The molecule has 1 amide bonds. The van der Waals surface area contributed by atoms with Crippen LogP contribution in [0.25, 0.3) is 22.4 Å². The number of morpholine rings is 1. The summed E-state index contributed by atoms with van der Waals surface area (Å²) in [5, 5.41) is 2.93. The van der Waals surface area contributed by atoms with Gasteiger partial charge in [-0.2, -0.15) is 0 Å². The monoisotopic (exact) mass is 491 g/mol. The number of H-pyrrole nitrogens is 1. The van der Waals surface area contributed by atoms with E-state index < -0.39 is 10.0 Å². The average molecular weight is 492 g/mol. The Balaban J connectivity index is 1.26. The number of carbonyl (C=O) groups excluding carboxylic acids is 1. The highest BCUT2D eigenvalue weighted by atomic mass is 32.2. The fourth-order valence-corrected chi connectivity index (χ4v) is 4.54. The summed E-state index contributed by atoms with van der Waals surface area (Å²) < 4.78 is 30.8. The molecule has 1 aromatic heterocycles. The lowest BCUT2D eigenvalue weighted by Gasteiger charge is -2.28. The van der Waals surface area contributed by atoms with Crippen LogP contribution in [-0.2, 0) is 14.8 Å². The number of nitrogens with one attached hydrogen (secondary N) is 3. The Labute approximate surface area is 203 Å². The van der Waals surface area contributed by atoms with Crippen LogP contribution in [0, 0.1) is 0 Å². The van der Waals surface area contributed by atoms with Crippen molar-refractivity contribution >= 4 is 44.0 Å². The Morgan fingerprint density at radius 3 is 2.34 bits per heavy atom. The minimum atomic E-state index is -3.37. The number of fused-ring (bicyclic) bond motifs is 1. The number of benzene rings is 3. The SMILES string of the molecule is CS(=O)(=O)Nc1ccc2[nH]c(-c3ccc(C(=O)Nc4ccc(N5CCOCC5)cc4)cc3)nc2c1. The van der Waals surface area contributed by atoms with Crippen molar-refractivity contribution in [2.75, 3.05) is 47.5 Å². The number of imidazole rings is 1. The number of aromatic nitrogens is 2. The number of nitrogens with zero attached hydrogens (tertiary/aromatic N) is 2. The van der Waals surface area contributed by atoms with Crippen LogP contribution in [0.1, 0.15) is 10.4 Å². The van der Waals surface area contributed by atoms with Gasteiger partial charge in [-0.05, 0) is 54.6 Å². The average Bonchev–Trinajstić information content (AvgIpc) is 3.28. The van der Waals surface area contributed by atoms with Gasteiger partial charge in [0.05, 0.1) is 36.2 Å². The van der Waals surface area contributed by atoms with Crippen molar-refractivity contribution in [2.24, 2.45) is 0 Å². The highest BCUT2D eigenvalue weighted by Gasteiger charge is 2.13. The Bertz CT molecular complexity index is 1460. The Morgan fingerprint density at radius 2 is 1.66 bits per heavy atom. The molecule has 1 saturated heterocycles. The summed E-state index contributed by atoms with van der Waals surface area (Å²) in [6.07, 6.45) is 1.10. The summed E-state index contributed by atoms with van der Waals surface area (Å²) in [4.78, 5) is 22.8. The third-order valence-corrected chi connectivity index (χ3v) is 6.31. The molecule has 0 saturated carbocycles. The van der Waals surface area contributed by atoms with E-state index in [1.54, 1.807) is 30.3 Å². The summed E-state index contributed by atoms with van der Waals surface area (Å²) in [6.45, 7) is 3.18.